The fourth-order valence-corrected chi connectivity index (χ4v) is 2.28. The van der Waals surface area contributed by atoms with Gasteiger partial charge in [-0.2, -0.15) is 0 Å². The fourth-order valence-electron chi connectivity index (χ4n) is 2.11. The first-order valence-corrected chi connectivity index (χ1v) is 7.40. The highest BCUT2D eigenvalue weighted by atomic mass is 35.5. The Morgan fingerprint density at radius 1 is 1.12 bits per heavy atom. The van der Waals surface area contributed by atoms with Crippen LogP contribution in [0, 0.1) is 5.82 Å². The van der Waals surface area contributed by atoms with Crippen LogP contribution in [-0.2, 0) is 6.61 Å². The average Bonchev–Trinajstić information content (AvgIpc) is 2.57. The van der Waals surface area contributed by atoms with Crippen molar-refractivity contribution >= 4 is 17.3 Å². The highest BCUT2D eigenvalue weighted by Crippen LogP contribution is 2.28. The average molecular weight is 346 g/mol. The van der Waals surface area contributed by atoms with Gasteiger partial charge in [0.1, 0.15) is 18.2 Å². The van der Waals surface area contributed by atoms with Crippen LogP contribution in [0.1, 0.15) is 5.56 Å². The normalized spacial score (nSPS) is 10.6. The summed E-state index contributed by atoms with van der Waals surface area (Å²) >= 11 is 5.88. The number of nitrogens with two attached hydrogens (primary N) is 1. The molecule has 0 amide bonds. The van der Waals surface area contributed by atoms with E-state index in [9.17, 15) is 9.50 Å². The molecule has 0 fully saturated rings. The quantitative estimate of drug-likeness (QED) is 0.751. The summed E-state index contributed by atoms with van der Waals surface area (Å²) in [5.74, 6) is -0.262. The Hall–Kier alpha value is -2.86. The van der Waals surface area contributed by atoms with Gasteiger partial charge in [-0.1, -0.05) is 29.8 Å². The zero-order chi connectivity index (χ0) is 17.1. The monoisotopic (exact) mass is 345 g/mol. The number of nitrogen functional groups attached to an aromatic ring is 1. The first-order valence-electron chi connectivity index (χ1n) is 7.03. The number of nitrogens with zero attached hydrogens (tertiary/aromatic N) is 2. The minimum atomic E-state index is -0.476. The van der Waals surface area contributed by atoms with E-state index in [-0.39, 0.29) is 35.2 Å². The van der Waals surface area contributed by atoms with Crippen molar-refractivity contribution in [2.45, 2.75) is 6.61 Å². The Labute approximate surface area is 142 Å². The van der Waals surface area contributed by atoms with Crippen LogP contribution in [0.5, 0.6) is 11.6 Å². The number of phenols is 1. The number of aromatic hydroxyl groups is 1. The van der Waals surface area contributed by atoms with Crippen LogP contribution in [-0.4, -0.2) is 15.3 Å². The van der Waals surface area contributed by atoms with Crippen LogP contribution < -0.4 is 10.5 Å². The lowest BCUT2D eigenvalue weighted by atomic mass is 10.1. The zero-order valence-electron chi connectivity index (χ0n) is 12.4. The summed E-state index contributed by atoms with van der Waals surface area (Å²) < 4.78 is 19.3. The van der Waals surface area contributed by atoms with E-state index in [0.29, 0.717) is 10.6 Å². The maximum absolute atomic E-state index is 13.9. The number of ether oxygens (including phenoxy) is 1. The van der Waals surface area contributed by atoms with Gasteiger partial charge in [0.2, 0.25) is 0 Å². The van der Waals surface area contributed by atoms with Gasteiger partial charge in [0.05, 0.1) is 11.4 Å². The molecule has 0 aliphatic rings. The summed E-state index contributed by atoms with van der Waals surface area (Å²) in [6.07, 6.45) is 0. The van der Waals surface area contributed by atoms with Crippen LogP contribution in [0.2, 0.25) is 5.02 Å². The van der Waals surface area contributed by atoms with Gasteiger partial charge in [-0.15, -0.1) is 10.2 Å². The van der Waals surface area contributed by atoms with Crippen molar-refractivity contribution in [2.75, 3.05) is 5.73 Å². The first kappa shape index (κ1) is 16.0. The minimum Gasteiger partial charge on any atom is -0.508 e. The van der Waals surface area contributed by atoms with Crippen molar-refractivity contribution in [1.82, 2.24) is 10.2 Å². The number of phenolic OH excluding ortho intramolecular Hbond substituents is 1. The van der Waals surface area contributed by atoms with E-state index in [2.05, 4.69) is 10.2 Å². The summed E-state index contributed by atoms with van der Waals surface area (Å²) in [5, 5.41) is 17.9. The molecule has 3 rings (SSSR count). The molecule has 0 aliphatic heterocycles. The second-order valence-corrected chi connectivity index (χ2v) is 5.47. The Bertz CT molecular complexity index is 889. The molecule has 0 radical (unpaired) electrons. The van der Waals surface area contributed by atoms with Crippen LogP contribution in [0.15, 0.2) is 48.5 Å². The number of benzene rings is 2. The van der Waals surface area contributed by atoms with E-state index < -0.39 is 5.82 Å². The van der Waals surface area contributed by atoms with Gasteiger partial charge in [0.15, 0.2) is 0 Å². The molecular formula is C17H13ClFN3O2. The van der Waals surface area contributed by atoms with Crippen molar-refractivity contribution < 1.29 is 14.2 Å². The number of para-hydroxylation sites is 1. The smallest absolute Gasteiger partial charge is 0.257 e. The summed E-state index contributed by atoms with van der Waals surface area (Å²) in [4.78, 5) is 0. The third kappa shape index (κ3) is 3.38. The minimum absolute atomic E-state index is 0.0798. The molecule has 122 valence electrons. The van der Waals surface area contributed by atoms with Crippen LogP contribution >= 0.6 is 11.6 Å². The van der Waals surface area contributed by atoms with Gasteiger partial charge >= 0.3 is 0 Å². The molecule has 5 nitrogen and oxygen atoms in total. The Kier molecular flexibility index (Phi) is 4.48. The summed E-state index contributed by atoms with van der Waals surface area (Å²) in [7, 11) is 0. The maximum atomic E-state index is 13.9. The summed E-state index contributed by atoms with van der Waals surface area (Å²) in [6, 6.07) is 12.4. The zero-order valence-corrected chi connectivity index (χ0v) is 13.2. The lowest BCUT2D eigenvalue weighted by molar-refractivity contribution is 0.286. The molecule has 24 heavy (non-hydrogen) atoms. The summed E-state index contributed by atoms with van der Waals surface area (Å²) in [6.45, 7) is 0.0798. The predicted octanol–water partition coefficient (Wildman–Crippen LogP) is 3.80. The van der Waals surface area contributed by atoms with E-state index in [1.54, 1.807) is 24.3 Å². The highest BCUT2D eigenvalue weighted by Gasteiger charge is 2.12. The third-order valence-electron chi connectivity index (χ3n) is 3.35. The van der Waals surface area contributed by atoms with E-state index in [1.165, 1.54) is 24.3 Å². The van der Waals surface area contributed by atoms with Crippen molar-refractivity contribution in [3.63, 3.8) is 0 Å². The molecule has 3 aromatic rings. The molecular weight excluding hydrogens is 333 g/mol. The van der Waals surface area contributed by atoms with Gasteiger partial charge < -0.3 is 15.6 Å². The molecule has 0 bridgehead atoms. The number of anilines is 1. The largest absolute Gasteiger partial charge is 0.508 e. The first-order chi connectivity index (χ1) is 11.5. The number of aromatic nitrogens is 2. The van der Waals surface area contributed by atoms with Crippen molar-refractivity contribution in [3.05, 3.63) is 64.9 Å². The number of hydrogen-bond donors (Lipinski definition) is 2. The molecule has 7 heteroatoms. The Balaban J connectivity index is 1.82. The molecule has 0 unspecified atom stereocenters. The molecule has 2 aromatic carbocycles. The van der Waals surface area contributed by atoms with E-state index in [1.807, 2.05) is 0 Å². The van der Waals surface area contributed by atoms with Gasteiger partial charge in [-0.3, -0.25) is 0 Å². The van der Waals surface area contributed by atoms with Gasteiger partial charge in [0, 0.05) is 16.1 Å². The highest BCUT2D eigenvalue weighted by molar-refractivity contribution is 6.30. The topological polar surface area (TPSA) is 81.3 Å². The Morgan fingerprint density at radius 3 is 2.67 bits per heavy atom. The molecule has 0 atom stereocenters. The standard InChI is InChI=1S/C17H13ClFN3O2/c18-11-5-6-13(19)12(7-11)15-8-14(20)17(22-21-15)24-9-10-3-1-2-4-16(10)23/h1-8,23H,9H2,(H2,20,21). The van der Waals surface area contributed by atoms with Crippen LogP contribution in [0.4, 0.5) is 10.1 Å². The third-order valence-corrected chi connectivity index (χ3v) is 3.58. The number of rotatable bonds is 4. The second-order valence-electron chi connectivity index (χ2n) is 5.03. The molecule has 3 N–H and O–H groups in total. The molecule has 1 heterocycles. The molecule has 0 saturated heterocycles. The SMILES string of the molecule is Nc1cc(-c2cc(Cl)ccc2F)nnc1OCc1ccccc1O. The lowest BCUT2D eigenvalue weighted by Crippen LogP contribution is -2.03. The fraction of sp³-hybridized carbons (Fsp3) is 0.0588. The molecule has 1 aromatic heterocycles. The number of hydrogen-bond acceptors (Lipinski definition) is 5. The van der Waals surface area contributed by atoms with Crippen molar-refractivity contribution in [3.8, 4) is 22.9 Å². The van der Waals surface area contributed by atoms with Gasteiger partial charge in [-0.05, 0) is 30.3 Å². The second kappa shape index (κ2) is 6.72. The summed E-state index contributed by atoms with van der Waals surface area (Å²) in [5.41, 5.74) is 7.15. The lowest BCUT2D eigenvalue weighted by Gasteiger charge is -2.10. The van der Waals surface area contributed by atoms with Gasteiger partial charge in [0.25, 0.3) is 5.88 Å². The van der Waals surface area contributed by atoms with E-state index in [4.69, 9.17) is 22.1 Å². The van der Waals surface area contributed by atoms with Gasteiger partial charge in [-0.25, -0.2) is 4.39 Å². The van der Waals surface area contributed by atoms with Crippen LogP contribution in [0.3, 0.4) is 0 Å². The Morgan fingerprint density at radius 2 is 1.92 bits per heavy atom. The van der Waals surface area contributed by atoms with E-state index in [0.717, 1.165) is 0 Å². The van der Waals surface area contributed by atoms with E-state index >= 15 is 0 Å². The predicted molar refractivity (Wildman–Crippen MR) is 89.3 cm³/mol. The maximum Gasteiger partial charge on any atom is 0.257 e. The van der Waals surface area contributed by atoms with Crippen molar-refractivity contribution in [2.24, 2.45) is 0 Å². The van der Waals surface area contributed by atoms with Crippen molar-refractivity contribution in [1.29, 1.82) is 0 Å². The molecule has 0 spiro atoms. The molecule has 0 saturated carbocycles. The number of halogens is 2. The van der Waals surface area contributed by atoms with Crippen LogP contribution in [0.25, 0.3) is 11.3 Å². The molecule has 0 aliphatic carbocycles.